The lowest BCUT2D eigenvalue weighted by Crippen LogP contribution is -2.27. The second kappa shape index (κ2) is 13.1. The van der Waals surface area contributed by atoms with Crippen molar-refractivity contribution in [3.63, 3.8) is 0 Å². The van der Waals surface area contributed by atoms with Gasteiger partial charge in [-0.05, 0) is 73.7 Å². The van der Waals surface area contributed by atoms with Crippen molar-refractivity contribution in [2.45, 2.75) is 39.2 Å². The molecule has 1 amide bonds. The number of unbranched alkanes of at least 4 members (excludes halogenated alkanes) is 2. The van der Waals surface area contributed by atoms with Crippen LogP contribution < -0.4 is 15.0 Å². The molecular formula is C31H31FN2O4S. The average Bonchev–Trinajstić information content (AvgIpc) is 2.91. The van der Waals surface area contributed by atoms with Crippen molar-refractivity contribution < 1.29 is 21.8 Å². The van der Waals surface area contributed by atoms with Gasteiger partial charge in [0.2, 0.25) is 5.91 Å². The molecule has 1 aliphatic heterocycles. The van der Waals surface area contributed by atoms with Crippen LogP contribution in [0.4, 0.5) is 9.57 Å². The number of carbonyl (C=O) groups excluding carboxylic acids is 1. The summed E-state index contributed by atoms with van der Waals surface area (Å²) in [5.74, 6) is 6.93. The van der Waals surface area contributed by atoms with Gasteiger partial charge in [-0.2, -0.15) is 8.42 Å². The maximum absolute atomic E-state index is 14.8. The highest BCUT2D eigenvalue weighted by atomic mass is 32.3. The van der Waals surface area contributed by atoms with E-state index in [1.54, 1.807) is 42.5 Å². The smallest absolute Gasteiger partial charge is 0.347 e. The minimum Gasteiger partial charge on any atom is -0.494 e. The van der Waals surface area contributed by atoms with Gasteiger partial charge in [0.05, 0.1) is 18.8 Å². The molecule has 202 valence electrons. The molecule has 0 saturated heterocycles. The molecule has 3 aromatic carbocycles. The average molecular weight is 547 g/mol. The van der Waals surface area contributed by atoms with Gasteiger partial charge in [-0.3, -0.25) is 4.79 Å². The molecule has 4 rings (SSSR count). The molecule has 3 aromatic rings. The lowest BCUT2D eigenvalue weighted by Gasteiger charge is -2.28. The Labute approximate surface area is 229 Å². The Morgan fingerprint density at radius 3 is 2.41 bits per heavy atom. The molecule has 0 aromatic heterocycles. The highest BCUT2D eigenvalue weighted by Gasteiger charge is 2.27. The van der Waals surface area contributed by atoms with E-state index in [0.29, 0.717) is 42.1 Å². The summed E-state index contributed by atoms with van der Waals surface area (Å²) in [4.78, 5) is 13.0. The number of anilines is 1. The van der Waals surface area contributed by atoms with Crippen LogP contribution in [0.1, 0.15) is 54.9 Å². The summed E-state index contributed by atoms with van der Waals surface area (Å²) in [6, 6.07) is 21.4. The number of fused-ring (bicyclic) bond motifs is 2. The summed E-state index contributed by atoms with van der Waals surface area (Å²) >= 11 is 0. The van der Waals surface area contributed by atoms with Crippen LogP contribution in [0.25, 0.3) is 6.08 Å². The molecule has 0 fully saturated rings. The molecule has 0 bridgehead atoms. The molecule has 1 heterocycles. The second-order valence-corrected chi connectivity index (χ2v) is 10.4. The van der Waals surface area contributed by atoms with Crippen LogP contribution in [0.15, 0.2) is 77.8 Å². The van der Waals surface area contributed by atoms with Gasteiger partial charge in [0, 0.05) is 24.1 Å². The number of nitrogens with one attached hydrogen (secondary N) is 1. The lowest BCUT2D eigenvalue weighted by molar-refractivity contribution is -0.121. The Balaban J connectivity index is 1.52. The maximum atomic E-state index is 14.8. The molecule has 6 nitrogen and oxygen atoms in total. The number of amides is 1. The minimum absolute atomic E-state index is 0.0630. The number of para-hydroxylation sites is 1. The Morgan fingerprint density at radius 2 is 1.67 bits per heavy atom. The van der Waals surface area contributed by atoms with Crippen LogP contribution in [0.3, 0.4) is 0 Å². The zero-order chi connectivity index (χ0) is 27.7. The third-order valence-electron chi connectivity index (χ3n) is 6.25. The summed E-state index contributed by atoms with van der Waals surface area (Å²) in [6.07, 6.45) is 4.32. The van der Waals surface area contributed by atoms with Crippen molar-refractivity contribution in [1.82, 2.24) is 5.32 Å². The number of ether oxygens (including phenoxy) is 1. The Bertz CT molecular complexity index is 1510. The van der Waals surface area contributed by atoms with Gasteiger partial charge in [-0.25, -0.2) is 0 Å². The third-order valence-corrected chi connectivity index (χ3v) is 7.09. The van der Waals surface area contributed by atoms with E-state index in [2.05, 4.69) is 17.2 Å². The van der Waals surface area contributed by atoms with Crippen LogP contribution in [0.5, 0.6) is 5.75 Å². The molecular weight excluding hydrogens is 515 g/mol. The first-order valence-electron chi connectivity index (χ1n) is 13.0. The summed E-state index contributed by atoms with van der Waals surface area (Å²) in [5.41, 5.74) is 3.19. The number of hydrogen-bond donors (Lipinski definition) is 1. The van der Waals surface area contributed by atoms with E-state index in [9.17, 15) is 17.1 Å². The minimum atomic E-state index is -5.10. The molecule has 1 aliphatic rings. The molecule has 0 saturated carbocycles. The molecule has 8 heteroatoms. The van der Waals surface area contributed by atoms with E-state index in [1.807, 2.05) is 37.3 Å². The number of nitrogens with zero attached hydrogens (tertiary/aromatic N) is 1. The Kier molecular flexibility index (Phi) is 9.40. The predicted molar refractivity (Wildman–Crippen MR) is 152 cm³/mol. The number of halogens is 1. The lowest BCUT2D eigenvalue weighted by atomic mass is 10.0. The first kappa shape index (κ1) is 27.9. The largest absolute Gasteiger partial charge is 0.494 e. The van der Waals surface area contributed by atoms with E-state index >= 15 is 0 Å². The van der Waals surface area contributed by atoms with Gasteiger partial charge in [-0.15, -0.1) is 0 Å². The van der Waals surface area contributed by atoms with Gasteiger partial charge >= 0.3 is 10.2 Å². The van der Waals surface area contributed by atoms with Gasteiger partial charge in [0.25, 0.3) is 0 Å². The highest BCUT2D eigenvalue weighted by Crippen LogP contribution is 2.32. The summed E-state index contributed by atoms with van der Waals surface area (Å²) in [7, 11) is -5.10. The SMILES string of the molecule is CCNC(=O)CCCCCOc1ccc(/C=C(\N2Cc3ccccc3C#Cc3ccccc32)S(=O)(=O)F)cc1. The van der Waals surface area contributed by atoms with Crippen LogP contribution in [0, 0.1) is 11.8 Å². The van der Waals surface area contributed by atoms with Crippen LogP contribution >= 0.6 is 0 Å². The summed E-state index contributed by atoms with van der Waals surface area (Å²) in [6.45, 7) is 3.17. The normalized spacial score (nSPS) is 12.8. The van der Waals surface area contributed by atoms with Crippen LogP contribution in [-0.2, 0) is 21.6 Å². The summed E-state index contributed by atoms with van der Waals surface area (Å²) in [5, 5.41) is 2.32. The molecule has 0 atom stereocenters. The van der Waals surface area contributed by atoms with Gasteiger partial charge in [0.1, 0.15) is 5.75 Å². The Hall–Kier alpha value is -4.09. The first-order chi connectivity index (χ1) is 18.8. The van der Waals surface area contributed by atoms with Crippen molar-refractivity contribution in [3.05, 3.63) is 100 Å². The number of benzene rings is 3. The fourth-order valence-corrected chi connectivity index (χ4v) is 5.01. The van der Waals surface area contributed by atoms with Crippen molar-refractivity contribution in [1.29, 1.82) is 0 Å². The fraction of sp³-hybridized carbons (Fsp3) is 0.258. The molecule has 39 heavy (non-hydrogen) atoms. The van der Waals surface area contributed by atoms with Crippen molar-refractivity contribution >= 4 is 27.9 Å². The zero-order valence-electron chi connectivity index (χ0n) is 21.8. The first-order valence-corrected chi connectivity index (χ1v) is 14.4. The molecule has 1 N–H and O–H groups in total. The van der Waals surface area contributed by atoms with Crippen molar-refractivity contribution in [3.8, 4) is 17.6 Å². The quantitative estimate of drug-likeness (QED) is 0.188. The maximum Gasteiger partial charge on any atom is 0.347 e. The standard InChI is InChI=1S/C31H31FN2O4S/c1-2-33-30(35)14-4-3-9-21-38-28-19-15-24(16-20-28)22-31(39(32,36)37)34-23-27-12-6-5-10-25(27)17-18-26-11-7-8-13-29(26)34/h5-8,10-13,15-16,19-20,22H,2-4,9,14,21,23H2,1H3,(H,33,35)/b31-22+. The van der Waals surface area contributed by atoms with E-state index in [1.165, 1.54) is 11.0 Å². The number of carbonyl (C=O) groups is 1. The second-order valence-electron chi connectivity index (χ2n) is 9.11. The van der Waals surface area contributed by atoms with Gasteiger partial charge < -0.3 is 15.0 Å². The number of hydrogen-bond acceptors (Lipinski definition) is 5. The fourth-order valence-electron chi connectivity index (χ4n) is 4.30. The van der Waals surface area contributed by atoms with Gasteiger partial charge in [0.15, 0.2) is 5.03 Å². The number of rotatable bonds is 11. The van der Waals surface area contributed by atoms with Crippen LogP contribution in [0.2, 0.25) is 0 Å². The zero-order valence-corrected chi connectivity index (χ0v) is 22.6. The monoisotopic (exact) mass is 546 g/mol. The van der Waals surface area contributed by atoms with E-state index in [0.717, 1.165) is 30.4 Å². The van der Waals surface area contributed by atoms with E-state index in [-0.39, 0.29) is 12.5 Å². The Morgan fingerprint density at radius 1 is 0.974 bits per heavy atom. The van der Waals surface area contributed by atoms with E-state index in [4.69, 9.17) is 4.74 Å². The molecule has 0 aliphatic carbocycles. The molecule has 0 unspecified atom stereocenters. The van der Waals surface area contributed by atoms with Crippen molar-refractivity contribution in [2.75, 3.05) is 18.1 Å². The molecule has 0 radical (unpaired) electrons. The molecule has 0 spiro atoms. The summed E-state index contributed by atoms with van der Waals surface area (Å²) < 4.78 is 45.6. The van der Waals surface area contributed by atoms with Gasteiger partial charge in [-0.1, -0.05) is 58.2 Å². The predicted octanol–water partition coefficient (Wildman–Crippen LogP) is 5.78. The third kappa shape index (κ3) is 7.71. The van der Waals surface area contributed by atoms with Crippen LogP contribution in [-0.4, -0.2) is 27.5 Å². The topological polar surface area (TPSA) is 75.7 Å². The highest BCUT2D eigenvalue weighted by molar-refractivity contribution is 7.90. The van der Waals surface area contributed by atoms with E-state index < -0.39 is 15.3 Å². The van der Waals surface area contributed by atoms with Crippen molar-refractivity contribution in [2.24, 2.45) is 0 Å².